The summed E-state index contributed by atoms with van der Waals surface area (Å²) in [5, 5.41) is 3.36. The second kappa shape index (κ2) is 8.90. The van der Waals surface area contributed by atoms with E-state index in [1.54, 1.807) is 36.4 Å². The minimum atomic E-state index is -3.70. The number of nitrogens with one attached hydrogen (secondary N) is 1. The van der Waals surface area contributed by atoms with E-state index in [2.05, 4.69) is 5.32 Å². The van der Waals surface area contributed by atoms with Crippen molar-refractivity contribution in [2.24, 2.45) is 0 Å². The molecule has 0 unspecified atom stereocenters. The molecule has 3 aromatic rings. The minimum absolute atomic E-state index is 0.131. The van der Waals surface area contributed by atoms with Gasteiger partial charge in [0.2, 0.25) is 5.91 Å². The van der Waals surface area contributed by atoms with Gasteiger partial charge in [0.05, 0.1) is 17.0 Å². The van der Waals surface area contributed by atoms with Crippen molar-refractivity contribution in [1.82, 2.24) is 0 Å². The molecule has 0 aliphatic heterocycles. The Hall–Kier alpha value is -2.83. The number of sulfonamides is 1. The molecule has 0 aliphatic carbocycles. The van der Waals surface area contributed by atoms with Gasteiger partial charge >= 0.3 is 0 Å². The normalized spacial score (nSPS) is 11.2. The SMILES string of the molecule is Cc1ccc(NC(=O)Cc2ccc(N(C)S(=O)(=O)c3ccc(Cl)cc3)cc2)cc1C. The number of anilines is 2. The molecule has 5 nitrogen and oxygen atoms in total. The summed E-state index contributed by atoms with van der Waals surface area (Å²) >= 11 is 5.84. The second-order valence-electron chi connectivity index (χ2n) is 7.12. The Balaban J connectivity index is 1.68. The Morgan fingerprint density at radius 3 is 2.17 bits per heavy atom. The van der Waals surface area contributed by atoms with Crippen molar-refractivity contribution in [3.8, 4) is 0 Å². The molecule has 7 heteroatoms. The van der Waals surface area contributed by atoms with Gasteiger partial charge in [-0.25, -0.2) is 8.42 Å². The number of carbonyl (C=O) groups is 1. The summed E-state index contributed by atoms with van der Waals surface area (Å²) in [6.45, 7) is 4.02. The molecule has 156 valence electrons. The average Bonchev–Trinajstić information content (AvgIpc) is 2.71. The Morgan fingerprint density at radius 1 is 0.933 bits per heavy atom. The van der Waals surface area contributed by atoms with Gasteiger partial charge in [-0.1, -0.05) is 29.8 Å². The number of hydrogen-bond donors (Lipinski definition) is 1. The molecule has 0 atom stereocenters. The summed E-state index contributed by atoms with van der Waals surface area (Å²) in [6, 6.07) is 18.7. The van der Waals surface area contributed by atoms with Crippen LogP contribution in [0.25, 0.3) is 0 Å². The van der Waals surface area contributed by atoms with E-state index in [0.29, 0.717) is 10.7 Å². The number of carbonyl (C=O) groups excluding carboxylic acids is 1. The molecule has 3 aromatic carbocycles. The molecule has 0 radical (unpaired) electrons. The van der Waals surface area contributed by atoms with Crippen LogP contribution in [0.15, 0.2) is 71.6 Å². The lowest BCUT2D eigenvalue weighted by atomic mass is 10.1. The van der Waals surface area contributed by atoms with Crippen LogP contribution >= 0.6 is 11.6 Å². The standard InChI is InChI=1S/C23H23ClN2O3S/c1-16-4-9-20(14-17(16)2)25-23(27)15-18-5-10-21(11-6-18)26(3)30(28,29)22-12-7-19(24)8-13-22/h4-14H,15H2,1-3H3,(H,25,27). The van der Waals surface area contributed by atoms with Gasteiger partial charge in [-0.05, 0) is 79.1 Å². The maximum Gasteiger partial charge on any atom is 0.264 e. The van der Waals surface area contributed by atoms with Crippen molar-refractivity contribution in [3.63, 3.8) is 0 Å². The molecule has 0 fully saturated rings. The van der Waals surface area contributed by atoms with Crippen LogP contribution in [-0.4, -0.2) is 21.4 Å². The van der Waals surface area contributed by atoms with Crippen LogP contribution in [0.2, 0.25) is 5.02 Å². The third kappa shape index (κ3) is 5.01. The third-order valence-corrected chi connectivity index (χ3v) is 6.98. The molecule has 0 saturated heterocycles. The topological polar surface area (TPSA) is 66.5 Å². The molecule has 0 saturated carbocycles. The van der Waals surface area contributed by atoms with E-state index in [0.717, 1.165) is 16.8 Å². The summed E-state index contributed by atoms with van der Waals surface area (Å²) in [6.07, 6.45) is 0.195. The molecule has 0 aromatic heterocycles. The number of aryl methyl sites for hydroxylation is 2. The van der Waals surface area contributed by atoms with Crippen LogP contribution in [0.3, 0.4) is 0 Å². The van der Waals surface area contributed by atoms with Crippen LogP contribution in [0.4, 0.5) is 11.4 Å². The number of amides is 1. The van der Waals surface area contributed by atoms with Crippen LogP contribution < -0.4 is 9.62 Å². The highest BCUT2D eigenvalue weighted by Gasteiger charge is 2.21. The highest BCUT2D eigenvalue weighted by molar-refractivity contribution is 7.92. The third-order valence-electron chi connectivity index (χ3n) is 4.93. The number of nitrogens with zero attached hydrogens (tertiary/aromatic N) is 1. The van der Waals surface area contributed by atoms with Crippen molar-refractivity contribution < 1.29 is 13.2 Å². The largest absolute Gasteiger partial charge is 0.326 e. The van der Waals surface area contributed by atoms with Crippen LogP contribution in [0, 0.1) is 13.8 Å². The van der Waals surface area contributed by atoms with Crippen LogP contribution in [-0.2, 0) is 21.2 Å². The van der Waals surface area contributed by atoms with Crippen molar-refractivity contribution in [2.45, 2.75) is 25.2 Å². The highest BCUT2D eigenvalue weighted by Crippen LogP contribution is 2.24. The molecule has 1 N–H and O–H groups in total. The quantitative estimate of drug-likeness (QED) is 0.586. The lowest BCUT2D eigenvalue weighted by Gasteiger charge is -2.20. The summed E-state index contributed by atoms with van der Waals surface area (Å²) < 4.78 is 26.8. The van der Waals surface area contributed by atoms with Gasteiger partial charge in [-0.15, -0.1) is 0 Å². The molecule has 1 amide bonds. The highest BCUT2D eigenvalue weighted by atomic mass is 35.5. The van der Waals surface area contributed by atoms with Crippen molar-refractivity contribution in [3.05, 3.63) is 88.4 Å². The first-order valence-electron chi connectivity index (χ1n) is 9.37. The number of rotatable bonds is 6. The van der Waals surface area contributed by atoms with E-state index < -0.39 is 10.0 Å². The fourth-order valence-corrected chi connectivity index (χ4v) is 4.26. The van der Waals surface area contributed by atoms with E-state index in [-0.39, 0.29) is 17.2 Å². The zero-order chi connectivity index (χ0) is 21.9. The van der Waals surface area contributed by atoms with Crippen molar-refractivity contribution in [2.75, 3.05) is 16.7 Å². The monoisotopic (exact) mass is 442 g/mol. The Bertz CT molecular complexity index is 1160. The van der Waals surface area contributed by atoms with Gasteiger partial charge in [-0.2, -0.15) is 0 Å². The van der Waals surface area contributed by atoms with E-state index in [4.69, 9.17) is 11.6 Å². The van der Waals surface area contributed by atoms with Crippen molar-refractivity contribution in [1.29, 1.82) is 0 Å². The van der Waals surface area contributed by atoms with Gasteiger partial charge in [-0.3, -0.25) is 9.10 Å². The van der Waals surface area contributed by atoms with Gasteiger partial charge in [0, 0.05) is 17.8 Å². The minimum Gasteiger partial charge on any atom is -0.326 e. The smallest absolute Gasteiger partial charge is 0.264 e. The first kappa shape index (κ1) is 21.9. The lowest BCUT2D eigenvalue weighted by Crippen LogP contribution is -2.26. The first-order valence-corrected chi connectivity index (χ1v) is 11.2. The van der Waals surface area contributed by atoms with E-state index in [9.17, 15) is 13.2 Å². The second-order valence-corrected chi connectivity index (χ2v) is 9.52. The van der Waals surface area contributed by atoms with E-state index >= 15 is 0 Å². The maximum atomic E-state index is 12.8. The predicted octanol–water partition coefficient (Wildman–Crippen LogP) is 4.96. The molecule has 0 heterocycles. The van der Waals surface area contributed by atoms with Crippen LogP contribution in [0.1, 0.15) is 16.7 Å². The summed E-state index contributed by atoms with van der Waals surface area (Å²) in [5.74, 6) is -0.131. The molecule has 3 rings (SSSR count). The van der Waals surface area contributed by atoms with Crippen molar-refractivity contribution >= 4 is 38.9 Å². The maximum absolute atomic E-state index is 12.8. The average molecular weight is 443 g/mol. The van der Waals surface area contributed by atoms with E-state index in [1.165, 1.54) is 29.0 Å². The summed E-state index contributed by atoms with van der Waals surface area (Å²) in [7, 11) is -2.21. The number of halogens is 1. The predicted molar refractivity (Wildman–Crippen MR) is 122 cm³/mol. The lowest BCUT2D eigenvalue weighted by molar-refractivity contribution is -0.115. The number of benzene rings is 3. The molecular formula is C23H23ClN2O3S. The fourth-order valence-electron chi connectivity index (χ4n) is 2.94. The van der Waals surface area contributed by atoms with Gasteiger partial charge in [0.15, 0.2) is 0 Å². The summed E-state index contributed by atoms with van der Waals surface area (Å²) in [5.41, 5.74) is 4.33. The van der Waals surface area contributed by atoms with Crippen LogP contribution in [0.5, 0.6) is 0 Å². The van der Waals surface area contributed by atoms with Gasteiger partial charge < -0.3 is 5.32 Å². The Labute approximate surface area is 182 Å². The first-order chi connectivity index (χ1) is 14.2. The van der Waals surface area contributed by atoms with Gasteiger partial charge in [0.25, 0.3) is 10.0 Å². The zero-order valence-electron chi connectivity index (χ0n) is 17.0. The molecule has 30 heavy (non-hydrogen) atoms. The summed E-state index contributed by atoms with van der Waals surface area (Å²) in [4.78, 5) is 12.5. The van der Waals surface area contributed by atoms with E-state index in [1.807, 2.05) is 32.0 Å². The molecule has 0 bridgehead atoms. The Morgan fingerprint density at radius 2 is 1.57 bits per heavy atom. The van der Waals surface area contributed by atoms with Gasteiger partial charge in [0.1, 0.15) is 0 Å². The Kier molecular flexibility index (Phi) is 6.48. The fraction of sp³-hybridized carbons (Fsp3) is 0.174. The zero-order valence-corrected chi connectivity index (χ0v) is 18.6. The molecule has 0 aliphatic rings. The number of hydrogen-bond acceptors (Lipinski definition) is 3. The molecule has 0 spiro atoms. The molecular weight excluding hydrogens is 420 g/mol.